The van der Waals surface area contributed by atoms with Crippen LogP contribution < -0.4 is 20.7 Å². The summed E-state index contributed by atoms with van der Waals surface area (Å²) >= 11 is 0. The van der Waals surface area contributed by atoms with Gasteiger partial charge in [-0.2, -0.15) is 0 Å². The van der Waals surface area contributed by atoms with Crippen molar-refractivity contribution >= 4 is 50.6 Å². The predicted molar refractivity (Wildman–Crippen MR) is 329 cm³/mol. The first-order chi connectivity index (χ1) is 38.3. The third kappa shape index (κ3) is 8.84. The average Bonchev–Trinajstić information content (AvgIpc) is 3.90. The zero-order valence-corrected chi connectivity index (χ0v) is 45.2. The van der Waals surface area contributed by atoms with Crippen LogP contribution >= 0.6 is 0 Å². The monoisotopic (exact) mass is 1020 g/mol. The van der Waals surface area contributed by atoms with E-state index in [4.69, 9.17) is 15.0 Å². The van der Waals surface area contributed by atoms with Crippen molar-refractivity contribution in [2.75, 3.05) is 0 Å². The van der Waals surface area contributed by atoms with Gasteiger partial charge in [-0.3, -0.25) is 0 Å². The third-order valence-electron chi connectivity index (χ3n) is 15.3. The fraction of sp³-hybridized carbons (Fsp3) is 0.0548. The number of benzene rings is 11. The van der Waals surface area contributed by atoms with Gasteiger partial charge in [0, 0.05) is 27.5 Å². The topological polar surface area (TPSA) is 43.6 Å². The van der Waals surface area contributed by atoms with Crippen molar-refractivity contribution in [3.05, 3.63) is 289 Å². The molecule has 13 rings (SSSR count). The van der Waals surface area contributed by atoms with E-state index >= 15 is 0 Å². The van der Waals surface area contributed by atoms with Gasteiger partial charge in [0.2, 0.25) is 0 Å². The highest BCUT2D eigenvalue weighted by molar-refractivity contribution is 7.19. The molecule has 372 valence electrons. The smallest absolute Gasteiger partial charge is 0.179 e. The molecule has 2 aromatic heterocycles. The lowest BCUT2D eigenvalue weighted by Gasteiger charge is -2.34. The minimum absolute atomic E-state index is 0.589. The Morgan fingerprint density at radius 2 is 0.628 bits per heavy atom. The SMILES string of the molecule is Cc1cc(C)cc(-c2ccc3c(c2)c2cc(-c4cc(C)cc(C)c4)ccc2n3-c2ccc(-c3cccc([Si](c4ccccc4)(c4ccccc4)c4ccccc4)c3)cc2-c2nc(-c3ccccc3)nc(-c3ccccc3)n2)c1. The van der Waals surface area contributed by atoms with Crippen LogP contribution in [0.1, 0.15) is 22.3 Å². The molecule has 11 aromatic carbocycles. The van der Waals surface area contributed by atoms with Crippen molar-refractivity contribution in [3.8, 4) is 73.2 Å². The summed E-state index contributed by atoms with van der Waals surface area (Å²) in [5.41, 5.74) is 17.8. The van der Waals surface area contributed by atoms with E-state index in [1.807, 2.05) is 36.4 Å². The summed E-state index contributed by atoms with van der Waals surface area (Å²) in [5.74, 6) is 1.81. The molecule has 0 saturated heterocycles. The molecule has 0 aliphatic carbocycles. The number of aryl methyl sites for hydroxylation is 4. The van der Waals surface area contributed by atoms with Crippen LogP contribution in [-0.2, 0) is 0 Å². The van der Waals surface area contributed by atoms with Crippen molar-refractivity contribution in [3.63, 3.8) is 0 Å². The maximum Gasteiger partial charge on any atom is 0.179 e. The molecular weight excluding hydrogens is 961 g/mol. The van der Waals surface area contributed by atoms with Gasteiger partial charge >= 0.3 is 0 Å². The summed E-state index contributed by atoms with van der Waals surface area (Å²) in [7, 11) is -2.86. The second-order valence-electron chi connectivity index (χ2n) is 20.8. The van der Waals surface area contributed by atoms with E-state index in [1.54, 1.807) is 0 Å². The molecule has 0 spiro atoms. The van der Waals surface area contributed by atoms with E-state index < -0.39 is 8.07 Å². The van der Waals surface area contributed by atoms with Crippen LogP contribution in [0.3, 0.4) is 0 Å². The molecule has 2 heterocycles. The van der Waals surface area contributed by atoms with E-state index in [2.05, 4.69) is 263 Å². The molecule has 13 aromatic rings. The summed E-state index contributed by atoms with van der Waals surface area (Å²) in [5, 5.41) is 7.63. The first kappa shape index (κ1) is 48.1. The normalized spacial score (nSPS) is 11.6. The lowest BCUT2D eigenvalue weighted by Crippen LogP contribution is -2.74. The van der Waals surface area contributed by atoms with Gasteiger partial charge in [0.25, 0.3) is 0 Å². The molecule has 0 aliphatic heterocycles. The molecule has 0 bridgehead atoms. The molecule has 4 nitrogen and oxygen atoms in total. The Bertz CT molecular complexity index is 4040. The van der Waals surface area contributed by atoms with E-state index in [9.17, 15) is 0 Å². The van der Waals surface area contributed by atoms with Gasteiger partial charge in [0.15, 0.2) is 25.5 Å². The van der Waals surface area contributed by atoms with Crippen molar-refractivity contribution in [1.29, 1.82) is 0 Å². The molecule has 0 aliphatic rings. The minimum Gasteiger partial charge on any atom is -0.308 e. The van der Waals surface area contributed by atoms with E-state index in [0.717, 1.165) is 44.5 Å². The van der Waals surface area contributed by atoms with Gasteiger partial charge in [-0.05, 0) is 118 Å². The quantitative estimate of drug-likeness (QED) is 0.0958. The largest absolute Gasteiger partial charge is 0.308 e. The lowest BCUT2D eigenvalue weighted by molar-refractivity contribution is 1.06. The van der Waals surface area contributed by atoms with Crippen LogP contribution in [0.4, 0.5) is 0 Å². The number of nitrogens with zero attached hydrogens (tertiary/aromatic N) is 4. The molecule has 0 saturated carbocycles. The second kappa shape index (κ2) is 20.2. The number of fused-ring (bicyclic) bond motifs is 3. The minimum atomic E-state index is -2.86. The van der Waals surface area contributed by atoms with Crippen molar-refractivity contribution in [1.82, 2.24) is 19.5 Å². The second-order valence-corrected chi connectivity index (χ2v) is 24.6. The molecule has 0 unspecified atom stereocenters. The van der Waals surface area contributed by atoms with Crippen molar-refractivity contribution < 1.29 is 0 Å². The van der Waals surface area contributed by atoms with Gasteiger partial charge in [-0.1, -0.05) is 253 Å². The fourth-order valence-electron chi connectivity index (χ4n) is 11.9. The average molecular weight is 1020 g/mol. The summed E-state index contributed by atoms with van der Waals surface area (Å²) in [6.07, 6.45) is 0. The van der Waals surface area contributed by atoms with Crippen LogP contribution in [0.2, 0.25) is 0 Å². The molecule has 5 heteroatoms. The van der Waals surface area contributed by atoms with E-state index in [-0.39, 0.29) is 0 Å². The predicted octanol–water partition coefficient (Wildman–Crippen LogP) is 15.6. The lowest BCUT2D eigenvalue weighted by atomic mass is 9.97. The maximum absolute atomic E-state index is 5.45. The highest BCUT2D eigenvalue weighted by Crippen LogP contribution is 2.41. The summed E-state index contributed by atoms with van der Waals surface area (Å²) in [4.78, 5) is 16.1. The number of hydrogen-bond donors (Lipinski definition) is 0. The zero-order chi connectivity index (χ0) is 52.7. The van der Waals surface area contributed by atoms with Gasteiger partial charge in [0.05, 0.1) is 16.7 Å². The van der Waals surface area contributed by atoms with Gasteiger partial charge in [-0.25, -0.2) is 15.0 Å². The molecule has 0 atom stereocenters. The Morgan fingerprint density at radius 1 is 0.269 bits per heavy atom. The van der Waals surface area contributed by atoms with Crippen molar-refractivity contribution in [2.24, 2.45) is 0 Å². The Morgan fingerprint density at radius 3 is 1.08 bits per heavy atom. The Kier molecular flexibility index (Phi) is 12.5. The summed E-state index contributed by atoms with van der Waals surface area (Å²) in [6, 6.07) is 97.7. The molecule has 0 amide bonds. The molecule has 0 radical (unpaired) electrons. The number of rotatable bonds is 11. The summed E-state index contributed by atoms with van der Waals surface area (Å²) in [6.45, 7) is 8.72. The Labute approximate surface area is 457 Å². The van der Waals surface area contributed by atoms with Crippen LogP contribution in [-0.4, -0.2) is 27.6 Å². The zero-order valence-electron chi connectivity index (χ0n) is 44.2. The van der Waals surface area contributed by atoms with Crippen molar-refractivity contribution in [2.45, 2.75) is 27.7 Å². The Balaban J connectivity index is 1.09. The van der Waals surface area contributed by atoms with Gasteiger partial charge in [0.1, 0.15) is 0 Å². The fourth-order valence-corrected chi connectivity index (χ4v) is 16.7. The standard InChI is InChI=1S/C73H56N4Si/c1-49-39-50(2)42-59(41-49)57-34-36-68-65(46-57)66-47-58(60-43-51(3)40-52(4)44-60)35-37-69(66)77(68)70-38-33-56(48-67(70)73-75-71(53-21-10-5-11-22-53)74-72(76-73)54-23-12-6-13-24-54)55-25-20-32-64(45-55)78(61-26-14-7-15-27-61,62-28-16-8-17-29-62)63-30-18-9-19-31-63/h5-48H,1-4H3. The van der Waals surface area contributed by atoms with Gasteiger partial charge < -0.3 is 4.57 Å². The highest BCUT2D eigenvalue weighted by atomic mass is 28.3. The maximum atomic E-state index is 5.45. The van der Waals surface area contributed by atoms with Gasteiger partial charge in [-0.15, -0.1) is 0 Å². The molecule has 0 N–H and O–H groups in total. The third-order valence-corrected chi connectivity index (χ3v) is 20.1. The number of hydrogen-bond acceptors (Lipinski definition) is 3. The first-order valence-corrected chi connectivity index (χ1v) is 28.8. The molecule has 78 heavy (non-hydrogen) atoms. The van der Waals surface area contributed by atoms with Crippen LogP contribution in [0.25, 0.3) is 95.0 Å². The van der Waals surface area contributed by atoms with E-state index in [0.29, 0.717) is 17.5 Å². The van der Waals surface area contributed by atoms with Crippen LogP contribution in [0.5, 0.6) is 0 Å². The first-order valence-electron chi connectivity index (χ1n) is 26.8. The highest BCUT2D eigenvalue weighted by Gasteiger charge is 2.41. The van der Waals surface area contributed by atoms with Crippen LogP contribution in [0, 0.1) is 27.7 Å². The van der Waals surface area contributed by atoms with Crippen LogP contribution in [0.15, 0.2) is 267 Å². The molecule has 0 fully saturated rings. The Hall–Kier alpha value is -9.55. The molecular formula is C73H56N4Si. The summed E-state index contributed by atoms with van der Waals surface area (Å²) < 4.78 is 2.43. The van der Waals surface area contributed by atoms with E-state index in [1.165, 1.54) is 76.0 Å². The number of aromatic nitrogens is 4.